The molecule has 16 heavy (non-hydrogen) atoms. The molecule has 0 saturated heterocycles. The van der Waals surface area contributed by atoms with Crippen LogP contribution in [0.5, 0.6) is 0 Å². The molecule has 0 aromatic carbocycles. The van der Waals surface area contributed by atoms with Crippen molar-refractivity contribution in [3.63, 3.8) is 0 Å². The van der Waals surface area contributed by atoms with Gasteiger partial charge in [0.2, 0.25) is 0 Å². The summed E-state index contributed by atoms with van der Waals surface area (Å²) >= 11 is 1.58. The van der Waals surface area contributed by atoms with Gasteiger partial charge in [0.05, 0.1) is 10.9 Å². The van der Waals surface area contributed by atoms with Crippen LogP contribution in [0, 0.1) is 5.41 Å². The molecule has 0 radical (unpaired) electrons. The molecule has 0 unspecified atom stereocenters. The van der Waals surface area contributed by atoms with Crippen molar-refractivity contribution in [3.8, 4) is 0 Å². The standard InChI is InChI=1S/C14H19NS/c1-6-7-8-12(14(3,4)5)9-13-11(2)16-10-15-13/h6-10H,2H2,1,3-5H3/b7-6-,12-8+,13-9+. The lowest BCUT2D eigenvalue weighted by Crippen LogP contribution is -2.21. The van der Waals surface area contributed by atoms with Crippen LogP contribution in [-0.4, -0.2) is 4.98 Å². The first-order chi connectivity index (χ1) is 7.45. The molecule has 1 rings (SSSR count). The largest absolute Gasteiger partial charge is 0.245 e. The molecule has 0 aliphatic heterocycles. The van der Waals surface area contributed by atoms with Gasteiger partial charge in [-0.1, -0.05) is 45.6 Å². The van der Waals surface area contributed by atoms with Gasteiger partial charge in [-0.05, 0) is 24.0 Å². The second kappa shape index (κ2) is 5.26. The first-order valence-electron chi connectivity index (χ1n) is 5.39. The van der Waals surface area contributed by atoms with Gasteiger partial charge in [-0.15, -0.1) is 11.3 Å². The van der Waals surface area contributed by atoms with Gasteiger partial charge in [-0.2, -0.15) is 0 Å². The Kier molecular flexibility index (Phi) is 4.25. The van der Waals surface area contributed by atoms with Crippen LogP contribution in [0.1, 0.15) is 27.7 Å². The van der Waals surface area contributed by atoms with Crippen LogP contribution in [0.3, 0.4) is 0 Å². The topological polar surface area (TPSA) is 12.9 Å². The molecule has 0 N–H and O–H groups in total. The molecule has 0 spiro atoms. The molecule has 0 aliphatic rings. The van der Waals surface area contributed by atoms with Crippen LogP contribution in [0.2, 0.25) is 0 Å². The van der Waals surface area contributed by atoms with Crippen molar-refractivity contribution < 1.29 is 0 Å². The van der Waals surface area contributed by atoms with E-state index in [0.29, 0.717) is 0 Å². The fraction of sp³-hybridized carbons (Fsp3) is 0.357. The molecule has 0 fully saturated rings. The van der Waals surface area contributed by atoms with E-state index in [-0.39, 0.29) is 5.41 Å². The molecule has 2 heteroatoms. The van der Waals surface area contributed by atoms with E-state index >= 15 is 0 Å². The molecule has 0 bridgehead atoms. The van der Waals surface area contributed by atoms with Crippen molar-refractivity contribution in [2.24, 2.45) is 5.41 Å². The summed E-state index contributed by atoms with van der Waals surface area (Å²) < 4.78 is 1.02. The molecular weight excluding hydrogens is 214 g/mol. The van der Waals surface area contributed by atoms with Crippen LogP contribution in [0.15, 0.2) is 29.3 Å². The van der Waals surface area contributed by atoms with Crippen LogP contribution in [0.4, 0.5) is 0 Å². The van der Waals surface area contributed by atoms with Crippen molar-refractivity contribution in [2.45, 2.75) is 27.7 Å². The minimum absolute atomic E-state index is 0.121. The first kappa shape index (κ1) is 12.9. The fourth-order valence-electron chi connectivity index (χ4n) is 1.26. The molecule has 0 saturated carbocycles. The van der Waals surface area contributed by atoms with Crippen molar-refractivity contribution in [1.82, 2.24) is 4.98 Å². The predicted molar refractivity (Wildman–Crippen MR) is 73.7 cm³/mol. The average molecular weight is 233 g/mol. The highest BCUT2D eigenvalue weighted by atomic mass is 32.1. The quantitative estimate of drug-likeness (QED) is 0.716. The molecule has 1 aromatic rings. The normalized spacial score (nSPS) is 15.0. The van der Waals surface area contributed by atoms with E-state index in [9.17, 15) is 0 Å². The lowest BCUT2D eigenvalue weighted by atomic mass is 9.86. The summed E-state index contributed by atoms with van der Waals surface area (Å²) in [5, 5.41) is 0.982. The Hall–Kier alpha value is -1.15. The van der Waals surface area contributed by atoms with Crippen LogP contribution in [0.25, 0.3) is 12.7 Å². The van der Waals surface area contributed by atoms with Gasteiger partial charge in [0.15, 0.2) is 0 Å². The zero-order chi connectivity index (χ0) is 12.2. The maximum Gasteiger partial charge on any atom is 0.0808 e. The van der Waals surface area contributed by atoms with Gasteiger partial charge >= 0.3 is 0 Å². The van der Waals surface area contributed by atoms with Crippen molar-refractivity contribution in [1.29, 1.82) is 0 Å². The van der Waals surface area contributed by atoms with Crippen LogP contribution in [-0.2, 0) is 0 Å². The lowest BCUT2D eigenvalue weighted by molar-refractivity contribution is 0.523. The molecule has 1 nitrogen and oxygen atoms in total. The van der Waals surface area contributed by atoms with E-state index in [1.165, 1.54) is 5.57 Å². The maximum absolute atomic E-state index is 4.31. The van der Waals surface area contributed by atoms with E-state index in [2.05, 4.69) is 50.6 Å². The number of thiazole rings is 1. The van der Waals surface area contributed by atoms with E-state index in [0.717, 1.165) is 9.88 Å². The van der Waals surface area contributed by atoms with Gasteiger partial charge < -0.3 is 0 Å². The van der Waals surface area contributed by atoms with E-state index in [4.69, 9.17) is 0 Å². The molecule has 0 atom stereocenters. The van der Waals surface area contributed by atoms with Gasteiger partial charge in [0.25, 0.3) is 0 Å². The zero-order valence-electron chi connectivity index (χ0n) is 10.4. The van der Waals surface area contributed by atoms with E-state index in [1.807, 2.05) is 18.5 Å². The fourth-order valence-corrected chi connectivity index (χ4v) is 1.78. The summed E-state index contributed by atoms with van der Waals surface area (Å²) in [7, 11) is 0. The van der Waals surface area contributed by atoms with E-state index < -0.39 is 0 Å². The minimum Gasteiger partial charge on any atom is -0.245 e. The Balaban J connectivity index is 3.26. The number of rotatable bonds is 2. The third kappa shape index (κ3) is 3.46. The van der Waals surface area contributed by atoms with Crippen molar-refractivity contribution in [3.05, 3.63) is 39.2 Å². The summed E-state index contributed by atoms with van der Waals surface area (Å²) in [6.45, 7) is 12.6. The third-order valence-electron chi connectivity index (χ3n) is 2.30. The first-order valence-corrected chi connectivity index (χ1v) is 6.26. The summed E-state index contributed by atoms with van der Waals surface area (Å²) in [4.78, 5) is 4.31. The Morgan fingerprint density at radius 1 is 1.44 bits per heavy atom. The number of hydrogen-bond acceptors (Lipinski definition) is 2. The molecule has 1 heterocycles. The minimum atomic E-state index is 0.121. The Morgan fingerprint density at radius 2 is 2.12 bits per heavy atom. The summed E-state index contributed by atoms with van der Waals surface area (Å²) in [5.41, 5.74) is 3.22. The van der Waals surface area contributed by atoms with Crippen molar-refractivity contribution >= 4 is 24.0 Å². The Labute approximate surface area is 102 Å². The van der Waals surface area contributed by atoms with Gasteiger partial charge in [-0.25, -0.2) is 4.98 Å². The van der Waals surface area contributed by atoms with Crippen LogP contribution >= 0.6 is 11.3 Å². The highest BCUT2D eigenvalue weighted by Gasteiger charge is 2.14. The summed E-state index contributed by atoms with van der Waals surface area (Å²) in [6.07, 6.45) is 8.36. The smallest absolute Gasteiger partial charge is 0.0808 e. The lowest BCUT2D eigenvalue weighted by Gasteiger charge is -2.19. The highest BCUT2D eigenvalue weighted by Crippen LogP contribution is 2.26. The second-order valence-corrected chi connectivity index (χ2v) is 5.64. The number of nitrogens with zero attached hydrogens (tertiary/aromatic N) is 1. The van der Waals surface area contributed by atoms with E-state index in [1.54, 1.807) is 11.3 Å². The van der Waals surface area contributed by atoms with Gasteiger partial charge in [-0.3, -0.25) is 0 Å². The second-order valence-electron chi connectivity index (χ2n) is 4.70. The third-order valence-corrected chi connectivity index (χ3v) is 3.00. The number of hydrogen-bond donors (Lipinski definition) is 0. The monoisotopic (exact) mass is 233 g/mol. The van der Waals surface area contributed by atoms with Gasteiger partial charge in [0.1, 0.15) is 0 Å². The molecule has 0 amide bonds. The predicted octanol–water partition coefficient (Wildman–Crippen LogP) is 2.88. The molecule has 86 valence electrons. The average Bonchev–Trinajstić information content (AvgIpc) is 2.57. The SMILES string of the molecule is C=c1scn/c1=C/C(=C\C=C/C)C(C)(C)C. The highest BCUT2D eigenvalue weighted by molar-refractivity contribution is 7.07. The summed E-state index contributed by atoms with van der Waals surface area (Å²) in [5.74, 6) is 0. The maximum atomic E-state index is 4.31. The molecular formula is C14H19NS. The molecule has 0 aliphatic carbocycles. The number of allylic oxidation sites excluding steroid dienone is 4. The zero-order valence-corrected chi connectivity index (χ0v) is 11.3. The Bertz CT molecular complexity index is 498. The number of aromatic nitrogens is 1. The van der Waals surface area contributed by atoms with Gasteiger partial charge in [0, 0.05) is 4.53 Å². The Morgan fingerprint density at radius 3 is 2.56 bits per heavy atom. The summed E-state index contributed by atoms with van der Waals surface area (Å²) in [6, 6.07) is 0. The van der Waals surface area contributed by atoms with Crippen LogP contribution < -0.4 is 9.88 Å². The van der Waals surface area contributed by atoms with Crippen molar-refractivity contribution in [2.75, 3.05) is 0 Å². The molecule has 1 aromatic heterocycles.